The molecule has 0 heterocycles. The molecule has 6 nitrogen and oxygen atoms in total. The van der Waals surface area contributed by atoms with Crippen molar-refractivity contribution in [2.75, 3.05) is 26.9 Å². The lowest BCUT2D eigenvalue weighted by Crippen LogP contribution is -2.25. The second-order valence-corrected chi connectivity index (χ2v) is 6.47. The van der Waals surface area contributed by atoms with Gasteiger partial charge in [0, 0.05) is 6.54 Å². The van der Waals surface area contributed by atoms with Gasteiger partial charge in [-0.1, -0.05) is 37.6 Å². The number of amides is 1. The molecule has 0 aliphatic carbocycles. The van der Waals surface area contributed by atoms with E-state index in [9.17, 15) is 4.79 Å². The van der Waals surface area contributed by atoms with Crippen LogP contribution < -0.4 is 19.5 Å². The van der Waals surface area contributed by atoms with Crippen LogP contribution in [0.1, 0.15) is 30.9 Å². The number of aryl methyl sites for hydroxylation is 1. The predicted octanol–water partition coefficient (Wildman–Crippen LogP) is 3.68. The topological polar surface area (TPSA) is 80.6 Å². The van der Waals surface area contributed by atoms with E-state index in [-0.39, 0.29) is 12.3 Å². The van der Waals surface area contributed by atoms with Crippen LogP contribution in [0.25, 0.3) is 0 Å². The van der Waals surface area contributed by atoms with Crippen LogP contribution in [0, 0.1) is 11.3 Å². The second-order valence-electron chi connectivity index (χ2n) is 6.47. The summed E-state index contributed by atoms with van der Waals surface area (Å²) in [5, 5.41) is 11.3. The molecule has 154 valence electrons. The predicted molar refractivity (Wildman–Crippen MR) is 111 cm³/mol. The van der Waals surface area contributed by atoms with Gasteiger partial charge in [-0.2, -0.15) is 5.26 Å². The Labute approximate surface area is 172 Å². The summed E-state index contributed by atoms with van der Waals surface area (Å²) < 4.78 is 17.1. The van der Waals surface area contributed by atoms with Gasteiger partial charge in [0.25, 0.3) is 0 Å². The molecule has 1 amide bonds. The number of methoxy groups -OCH3 is 1. The summed E-state index contributed by atoms with van der Waals surface area (Å²) in [6.45, 7) is 3.35. The van der Waals surface area contributed by atoms with Crippen molar-refractivity contribution in [2.24, 2.45) is 0 Å². The van der Waals surface area contributed by atoms with Crippen LogP contribution in [-0.4, -0.2) is 32.8 Å². The quantitative estimate of drug-likeness (QED) is 0.554. The van der Waals surface area contributed by atoms with Gasteiger partial charge >= 0.3 is 0 Å². The lowest BCUT2D eigenvalue weighted by molar-refractivity contribution is -0.120. The molecule has 6 heteroatoms. The highest BCUT2D eigenvalue weighted by Crippen LogP contribution is 2.31. The van der Waals surface area contributed by atoms with Crippen LogP contribution in [0.4, 0.5) is 0 Å². The van der Waals surface area contributed by atoms with E-state index in [1.807, 2.05) is 36.4 Å². The number of ether oxygens (including phenoxy) is 3. The maximum Gasteiger partial charge on any atom is 0.234 e. The number of hydrogen-bond acceptors (Lipinski definition) is 5. The first-order valence-corrected chi connectivity index (χ1v) is 9.82. The maximum absolute atomic E-state index is 11.4. The summed E-state index contributed by atoms with van der Waals surface area (Å²) in [5.41, 5.74) is 2.22. The molecule has 0 saturated heterocycles. The zero-order valence-electron chi connectivity index (χ0n) is 17.1. The van der Waals surface area contributed by atoms with Crippen molar-refractivity contribution in [3.05, 3.63) is 53.6 Å². The number of carbonyl (C=O) groups excluding carboxylic acids is 1. The van der Waals surface area contributed by atoms with Gasteiger partial charge in [-0.15, -0.1) is 0 Å². The summed E-state index contributed by atoms with van der Waals surface area (Å²) in [5.74, 6) is 1.81. The molecule has 0 atom stereocenters. The van der Waals surface area contributed by atoms with Gasteiger partial charge < -0.3 is 19.5 Å². The maximum atomic E-state index is 11.4. The largest absolute Gasteiger partial charge is 0.493 e. The molecule has 2 aromatic rings. The fourth-order valence-electron chi connectivity index (χ4n) is 2.90. The first kappa shape index (κ1) is 22.1. The molecule has 29 heavy (non-hydrogen) atoms. The molecule has 2 aromatic carbocycles. The molecular weight excluding hydrogens is 368 g/mol. The van der Waals surface area contributed by atoms with Gasteiger partial charge in [-0.25, -0.2) is 0 Å². The van der Waals surface area contributed by atoms with Crippen molar-refractivity contribution in [3.8, 4) is 23.3 Å². The van der Waals surface area contributed by atoms with E-state index in [1.54, 1.807) is 7.11 Å². The summed E-state index contributed by atoms with van der Waals surface area (Å²) in [7, 11) is 1.59. The molecule has 2 rings (SSSR count). The number of hydrogen-bond donors (Lipinski definition) is 1. The summed E-state index contributed by atoms with van der Waals surface area (Å²) in [6, 6.07) is 15.6. The number of benzene rings is 2. The van der Waals surface area contributed by atoms with Crippen molar-refractivity contribution in [3.63, 3.8) is 0 Å². The fourth-order valence-corrected chi connectivity index (χ4v) is 2.90. The lowest BCUT2D eigenvalue weighted by atomic mass is 10.1. The standard InChI is InChI=1S/C23H28N2O4/c1-3-5-18-8-10-20(11-9-18)28-16-17-29-23-19(6-4-7-21(23)27-2)13-15-25-22(26)12-14-24/h4,6-11H,3,5,12-13,15-17H2,1-2H3,(H,25,26). The first-order valence-electron chi connectivity index (χ1n) is 9.82. The number of rotatable bonds is 12. The van der Waals surface area contributed by atoms with Crippen molar-refractivity contribution in [2.45, 2.75) is 32.6 Å². The van der Waals surface area contributed by atoms with E-state index in [0.29, 0.717) is 37.7 Å². The molecule has 0 saturated carbocycles. The molecular formula is C23H28N2O4. The number of carbonyl (C=O) groups is 1. The van der Waals surface area contributed by atoms with Crippen molar-refractivity contribution < 1.29 is 19.0 Å². The van der Waals surface area contributed by atoms with Crippen LogP contribution in [0.5, 0.6) is 17.2 Å². The summed E-state index contributed by atoms with van der Waals surface area (Å²) in [4.78, 5) is 11.4. The molecule has 0 aliphatic rings. The monoisotopic (exact) mass is 396 g/mol. The van der Waals surface area contributed by atoms with E-state index >= 15 is 0 Å². The van der Waals surface area contributed by atoms with Gasteiger partial charge in [-0.05, 0) is 42.2 Å². The van der Waals surface area contributed by atoms with Gasteiger partial charge in [0.15, 0.2) is 11.5 Å². The van der Waals surface area contributed by atoms with E-state index in [4.69, 9.17) is 19.5 Å². The fraction of sp³-hybridized carbons (Fsp3) is 0.391. The van der Waals surface area contributed by atoms with Crippen LogP contribution in [0.15, 0.2) is 42.5 Å². The van der Waals surface area contributed by atoms with Crippen LogP contribution in [-0.2, 0) is 17.6 Å². The van der Waals surface area contributed by atoms with E-state index in [1.165, 1.54) is 5.56 Å². The van der Waals surface area contributed by atoms with Crippen molar-refractivity contribution in [1.82, 2.24) is 5.32 Å². The van der Waals surface area contributed by atoms with E-state index in [0.717, 1.165) is 24.2 Å². The molecule has 0 aliphatic heterocycles. The normalized spacial score (nSPS) is 10.1. The third-order valence-corrected chi connectivity index (χ3v) is 4.30. The Morgan fingerprint density at radius 1 is 1.07 bits per heavy atom. The average Bonchev–Trinajstić information content (AvgIpc) is 2.73. The Balaban J connectivity index is 1.88. The number of nitrogens with zero attached hydrogens (tertiary/aromatic N) is 1. The Hall–Kier alpha value is -3.20. The lowest BCUT2D eigenvalue weighted by Gasteiger charge is -2.16. The number of nitrogens with one attached hydrogen (secondary N) is 1. The number of nitriles is 1. The van der Waals surface area contributed by atoms with Gasteiger partial charge in [0.2, 0.25) is 5.91 Å². The first-order chi connectivity index (χ1) is 14.2. The van der Waals surface area contributed by atoms with Crippen molar-refractivity contribution >= 4 is 5.91 Å². The SMILES string of the molecule is CCCc1ccc(OCCOc2c(CCNC(=O)CC#N)cccc2OC)cc1. The van der Waals surface area contributed by atoms with Gasteiger partial charge in [0.05, 0.1) is 13.2 Å². The molecule has 0 aromatic heterocycles. The Bertz CT molecular complexity index is 813. The zero-order valence-corrected chi connectivity index (χ0v) is 17.1. The van der Waals surface area contributed by atoms with Crippen LogP contribution in [0.2, 0.25) is 0 Å². The minimum Gasteiger partial charge on any atom is -0.493 e. The van der Waals surface area contributed by atoms with E-state index < -0.39 is 0 Å². The van der Waals surface area contributed by atoms with Crippen LogP contribution >= 0.6 is 0 Å². The molecule has 0 unspecified atom stereocenters. The highest BCUT2D eigenvalue weighted by Gasteiger charge is 2.11. The molecule has 0 bridgehead atoms. The van der Waals surface area contributed by atoms with Crippen LogP contribution in [0.3, 0.4) is 0 Å². The second kappa shape index (κ2) is 12.3. The highest BCUT2D eigenvalue weighted by molar-refractivity contribution is 5.77. The van der Waals surface area contributed by atoms with Gasteiger partial charge in [0.1, 0.15) is 25.4 Å². The molecule has 1 N–H and O–H groups in total. The Morgan fingerprint density at radius 2 is 1.83 bits per heavy atom. The minimum absolute atomic E-state index is 0.141. The molecule has 0 fully saturated rings. The van der Waals surface area contributed by atoms with E-state index in [2.05, 4.69) is 24.4 Å². The Kier molecular flexibility index (Phi) is 9.37. The van der Waals surface area contributed by atoms with Gasteiger partial charge in [-0.3, -0.25) is 4.79 Å². The third kappa shape index (κ3) is 7.38. The number of para-hydroxylation sites is 1. The minimum atomic E-state index is -0.281. The molecule has 0 radical (unpaired) electrons. The summed E-state index contributed by atoms with van der Waals surface area (Å²) >= 11 is 0. The molecule has 0 spiro atoms. The third-order valence-electron chi connectivity index (χ3n) is 4.30. The smallest absolute Gasteiger partial charge is 0.234 e. The zero-order chi connectivity index (χ0) is 20.9. The van der Waals surface area contributed by atoms with Crippen molar-refractivity contribution in [1.29, 1.82) is 5.26 Å². The Morgan fingerprint density at radius 3 is 2.52 bits per heavy atom. The summed E-state index contributed by atoms with van der Waals surface area (Å²) in [6.07, 6.45) is 2.62. The highest BCUT2D eigenvalue weighted by atomic mass is 16.5. The average molecular weight is 396 g/mol.